The number of anilines is 1. The molecular formula is C23H17ClF3N5O2. The molecule has 0 spiro atoms. The minimum absolute atomic E-state index is 0.216. The molecule has 0 N–H and O–H groups in total. The number of halogens is 4. The van der Waals surface area contributed by atoms with Crippen LogP contribution in [-0.4, -0.2) is 32.4 Å². The molecule has 11 heteroatoms. The zero-order valence-corrected chi connectivity index (χ0v) is 18.7. The van der Waals surface area contributed by atoms with Crippen LogP contribution in [0.3, 0.4) is 0 Å². The van der Waals surface area contributed by atoms with Gasteiger partial charge in [0.1, 0.15) is 11.4 Å². The van der Waals surface area contributed by atoms with E-state index in [1.807, 2.05) is 19.9 Å². The third-order valence-corrected chi connectivity index (χ3v) is 5.94. The summed E-state index contributed by atoms with van der Waals surface area (Å²) in [6.45, 7) is 3.98. The molecule has 0 bridgehead atoms. The normalized spacial score (nSPS) is 16.1. The van der Waals surface area contributed by atoms with E-state index in [-0.39, 0.29) is 24.0 Å². The molecule has 1 aliphatic heterocycles. The molecule has 0 aliphatic carbocycles. The summed E-state index contributed by atoms with van der Waals surface area (Å²) in [5, 5.41) is 7.99. The van der Waals surface area contributed by atoms with Gasteiger partial charge in [0.25, 0.3) is 5.91 Å². The Balaban J connectivity index is 1.52. The summed E-state index contributed by atoms with van der Waals surface area (Å²) in [4.78, 5) is 19.0. The number of aryl methyl sites for hydroxylation is 1. The first-order valence-electron chi connectivity index (χ1n) is 10.3. The van der Waals surface area contributed by atoms with Crippen LogP contribution in [0, 0.1) is 6.92 Å². The summed E-state index contributed by atoms with van der Waals surface area (Å²) in [6, 6.07) is 6.62. The van der Waals surface area contributed by atoms with E-state index in [1.165, 1.54) is 17.2 Å². The van der Waals surface area contributed by atoms with Crippen LogP contribution in [0.5, 0.6) is 0 Å². The van der Waals surface area contributed by atoms with E-state index >= 15 is 0 Å². The van der Waals surface area contributed by atoms with Crippen molar-refractivity contribution in [3.63, 3.8) is 0 Å². The quantitative estimate of drug-likeness (QED) is 0.365. The fraction of sp³-hybridized carbons (Fsp3) is 0.217. The van der Waals surface area contributed by atoms with Crippen molar-refractivity contribution in [1.82, 2.24) is 19.9 Å². The Morgan fingerprint density at radius 3 is 2.65 bits per heavy atom. The van der Waals surface area contributed by atoms with Gasteiger partial charge >= 0.3 is 6.18 Å². The first kappa shape index (κ1) is 22.1. The van der Waals surface area contributed by atoms with Gasteiger partial charge in [-0.25, -0.2) is 0 Å². The van der Waals surface area contributed by atoms with Crippen LogP contribution in [0.2, 0.25) is 5.02 Å². The van der Waals surface area contributed by atoms with Crippen LogP contribution >= 0.6 is 11.6 Å². The maximum atomic E-state index is 13.5. The minimum atomic E-state index is -4.59. The summed E-state index contributed by atoms with van der Waals surface area (Å²) in [5.74, 6) is 0.0528. The Labute approximate surface area is 196 Å². The lowest BCUT2D eigenvalue weighted by molar-refractivity contribution is -0.137. The molecule has 1 aliphatic rings. The molecule has 4 aromatic rings. The number of rotatable bonds is 3. The van der Waals surface area contributed by atoms with Gasteiger partial charge in [0, 0.05) is 36.3 Å². The standard InChI is InChI=1S/C23H17ClF3N5O2/c1-12-5-14(9-28-8-12)20-7-19(30-34-20)16-10-29-32-13(2)11-31(22(33)21(16)32)15-3-4-17(18(24)6-15)23(25,26)27/h3-10,13H,11H2,1-2H3/t13-/m0/s1. The fourth-order valence-electron chi connectivity index (χ4n) is 4.00. The Hall–Kier alpha value is -3.66. The summed E-state index contributed by atoms with van der Waals surface area (Å²) < 4.78 is 46.4. The van der Waals surface area contributed by atoms with Gasteiger partial charge in [-0.2, -0.15) is 18.3 Å². The number of nitrogens with zero attached hydrogens (tertiary/aromatic N) is 5. The zero-order valence-electron chi connectivity index (χ0n) is 18.0. The molecule has 0 saturated heterocycles. The molecule has 1 aromatic carbocycles. The third kappa shape index (κ3) is 3.73. The SMILES string of the molecule is Cc1cncc(-c2cc(-c3cnn4c3C(=O)N(c3ccc(C(F)(F)F)c(Cl)c3)C[C@@H]4C)no2)c1. The Bertz CT molecular complexity index is 1410. The lowest BCUT2D eigenvalue weighted by Gasteiger charge is -2.32. The van der Waals surface area contributed by atoms with Crippen LogP contribution < -0.4 is 4.90 Å². The van der Waals surface area contributed by atoms with Crippen molar-refractivity contribution in [2.24, 2.45) is 0 Å². The van der Waals surface area contributed by atoms with Gasteiger partial charge in [0.15, 0.2) is 5.76 Å². The number of amides is 1. The van der Waals surface area contributed by atoms with Crippen molar-refractivity contribution in [3.05, 3.63) is 70.8 Å². The highest BCUT2D eigenvalue weighted by Gasteiger charge is 2.37. The Morgan fingerprint density at radius 2 is 1.94 bits per heavy atom. The molecule has 7 nitrogen and oxygen atoms in total. The van der Waals surface area contributed by atoms with E-state index in [1.54, 1.807) is 23.1 Å². The molecule has 0 fully saturated rings. The summed E-state index contributed by atoms with van der Waals surface area (Å²) in [6.07, 6.45) is 0.312. The van der Waals surface area contributed by atoms with Gasteiger partial charge < -0.3 is 9.42 Å². The molecule has 0 unspecified atom stereocenters. The number of aromatic nitrogens is 4. The van der Waals surface area contributed by atoms with Crippen LogP contribution in [0.4, 0.5) is 18.9 Å². The Morgan fingerprint density at radius 1 is 1.15 bits per heavy atom. The number of benzene rings is 1. The largest absolute Gasteiger partial charge is 0.417 e. The predicted octanol–water partition coefficient (Wildman–Crippen LogP) is 5.80. The van der Waals surface area contributed by atoms with E-state index in [2.05, 4.69) is 15.2 Å². The van der Waals surface area contributed by atoms with Crippen molar-refractivity contribution in [3.8, 4) is 22.6 Å². The second-order valence-corrected chi connectivity index (χ2v) is 8.51. The minimum Gasteiger partial charge on any atom is -0.356 e. The summed E-state index contributed by atoms with van der Waals surface area (Å²) in [5.41, 5.74) is 2.12. The molecule has 3 aromatic heterocycles. The third-order valence-electron chi connectivity index (χ3n) is 5.62. The predicted molar refractivity (Wildman–Crippen MR) is 119 cm³/mol. The molecule has 34 heavy (non-hydrogen) atoms. The molecule has 1 amide bonds. The van der Waals surface area contributed by atoms with Gasteiger partial charge in [-0.05, 0) is 43.7 Å². The molecule has 1 atom stereocenters. The number of carbonyl (C=O) groups is 1. The molecule has 5 rings (SSSR count). The molecule has 4 heterocycles. The number of hydrogen-bond donors (Lipinski definition) is 0. The van der Waals surface area contributed by atoms with Gasteiger partial charge in [-0.3, -0.25) is 14.5 Å². The van der Waals surface area contributed by atoms with Crippen LogP contribution in [0.25, 0.3) is 22.6 Å². The van der Waals surface area contributed by atoms with E-state index < -0.39 is 22.7 Å². The summed E-state index contributed by atoms with van der Waals surface area (Å²) >= 11 is 5.89. The first-order chi connectivity index (χ1) is 16.1. The zero-order chi connectivity index (χ0) is 24.2. The number of hydrogen-bond acceptors (Lipinski definition) is 5. The molecule has 0 saturated carbocycles. The second-order valence-electron chi connectivity index (χ2n) is 8.11. The lowest BCUT2D eigenvalue weighted by atomic mass is 10.1. The van der Waals surface area contributed by atoms with Crippen molar-refractivity contribution >= 4 is 23.2 Å². The van der Waals surface area contributed by atoms with Crippen molar-refractivity contribution < 1.29 is 22.5 Å². The van der Waals surface area contributed by atoms with Gasteiger partial charge in [0.05, 0.1) is 28.4 Å². The van der Waals surface area contributed by atoms with Crippen LogP contribution in [-0.2, 0) is 6.18 Å². The average Bonchev–Trinajstić information content (AvgIpc) is 3.43. The van der Waals surface area contributed by atoms with Gasteiger partial charge in [-0.15, -0.1) is 0 Å². The van der Waals surface area contributed by atoms with E-state index in [0.717, 1.165) is 23.3 Å². The van der Waals surface area contributed by atoms with Crippen molar-refractivity contribution in [2.75, 3.05) is 11.4 Å². The average molecular weight is 488 g/mol. The first-order valence-corrected chi connectivity index (χ1v) is 10.7. The second kappa shape index (κ2) is 7.98. The van der Waals surface area contributed by atoms with E-state index in [0.29, 0.717) is 17.0 Å². The highest BCUT2D eigenvalue weighted by molar-refractivity contribution is 6.31. The molecular weight excluding hydrogens is 471 g/mol. The number of alkyl halides is 3. The van der Waals surface area contributed by atoms with Crippen LogP contribution in [0.1, 0.15) is 34.6 Å². The topological polar surface area (TPSA) is 77.1 Å². The fourth-order valence-corrected chi connectivity index (χ4v) is 4.28. The number of fused-ring (bicyclic) bond motifs is 1. The van der Waals surface area contributed by atoms with Crippen LogP contribution in [0.15, 0.2) is 53.4 Å². The van der Waals surface area contributed by atoms with Gasteiger partial charge in [0.2, 0.25) is 0 Å². The summed E-state index contributed by atoms with van der Waals surface area (Å²) in [7, 11) is 0. The smallest absolute Gasteiger partial charge is 0.356 e. The lowest BCUT2D eigenvalue weighted by Crippen LogP contribution is -2.42. The molecule has 0 radical (unpaired) electrons. The molecule has 174 valence electrons. The van der Waals surface area contributed by atoms with Gasteiger partial charge in [-0.1, -0.05) is 16.8 Å². The highest BCUT2D eigenvalue weighted by Crippen LogP contribution is 2.39. The van der Waals surface area contributed by atoms with Crippen molar-refractivity contribution in [2.45, 2.75) is 26.1 Å². The number of carbonyl (C=O) groups excluding carboxylic acids is 1. The Kier molecular flexibility index (Phi) is 5.20. The van der Waals surface area contributed by atoms with E-state index in [4.69, 9.17) is 16.1 Å². The maximum absolute atomic E-state index is 13.5. The highest BCUT2D eigenvalue weighted by atomic mass is 35.5. The maximum Gasteiger partial charge on any atom is 0.417 e. The monoisotopic (exact) mass is 487 g/mol. The number of pyridine rings is 1. The van der Waals surface area contributed by atoms with E-state index in [9.17, 15) is 18.0 Å². The van der Waals surface area contributed by atoms with Crippen molar-refractivity contribution in [1.29, 1.82) is 0 Å².